The van der Waals surface area contributed by atoms with E-state index in [1.165, 1.54) is 0 Å². The van der Waals surface area contributed by atoms with Crippen molar-refractivity contribution in [3.05, 3.63) is 29.8 Å². The lowest BCUT2D eigenvalue weighted by Gasteiger charge is -2.42. The quantitative estimate of drug-likeness (QED) is 0.805. The van der Waals surface area contributed by atoms with E-state index in [-0.39, 0.29) is 24.0 Å². The Bertz CT molecular complexity index is 664. The van der Waals surface area contributed by atoms with E-state index in [9.17, 15) is 14.7 Å². The molecule has 0 bridgehead atoms. The van der Waals surface area contributed by atoms with E-state index >= 15 is 0 Å². The molecule has 0 radical (unpaired) electrons. The molecule has 2 atom stereocenters. The van der Waals surface area contributed by atoms with Crippen LogP contribution in [0.15, 0.2) is 24.3 Å². The number of benzene rings is 1. The summed E-state index contributed by atoms with van der Waals surface area (Å²) in [6.07, 6.45) is 0.813. The minimum absolute atomic E-state index is 0.0429. The summed E-state index contributed by atoms with van der Waals surface area (Å²) < 4.78 is 5.17. The predicted molar refractivity (Wildman–Crippen MR) is 102 cm³/mol. The second kappa shape index (κ2) is 8.71. The van der Waals surface area contributed by atoms with Crippen molar-refractivity contribution >= 4 is 11.8 Å². The summed E-state index contributed by atoms with van der Waals surface area (Å²) in [6, 6.07) is 7.50. The van der Waals surface area contributed by atoms with Gasteiger partial charge in [-0.05, 0) is 24.1 Å². The highest BCUT2D eigenvalue weighted by molar-refractivity contribution is 5.80. The minimum Gasteiger partial charge on any atom is -0.497 e. The van der Waals surface area contributed by atoms with Gasteiger partial charge in [0, 0.05) is 46.2 Å². The van der Waals surface area contributed by atoms with Crippen LogP contribution in [0.25, 0.3) is 0 Å². The summed E-state index contributed by atoms with van der Waals surface area (Å²) in [5.74, 6) is 0.892. The highest BCUT2D eigenvalue weighted by atomic mass is 16.5. The number of likely N-dealkylation sites (tertiary alicyclic amines) is 1. The van der Waals surface area contributed by atoms with Crippen LogP contribution in [0.2, 0.25) is 0 Å². The molecular weight excluding hydrogens is 346 g/mol. The maximum Gasteiger partial charge on any atom is 0.227 e. The van der Waals surface area contributed by atoms with Gasteiger partial charge in [-0.25, -0.2) is 0 Å². The van der Waals surface area contributed by atoms with Crippen molar-refractivity contribution in [3.63, 3.8) is 0 Å². The smallest absolute Gasteiger partial charge is 0.227 e. The van der Waals surface area contributed by atoms with E-state index in [0.717, 1.165) is 24.3 Å². The Labute approximate surface area is 160 Å². The lowest BCUT2D eigenvalue weighted by molar-refractivity contribution is -0.142. The summed E-state index contributed by atoms with van der Waals surface area (Å²) in [5.41, 5.74) is 0.949. The zero-order valence-corrected chi connectivity index (χ0v) is 16.1. The topological polar surface area (TPSA) is 73.3 Å². The molecule has 1 aromatic carbocycles. The van der Waals surface area contributed by atoms with Crippen LogP contribution in [0.1, 0.15) is 18.9 Å². The first kappa shape index (κ1) is 19.6. The third kappa shape index (κ3) is 4.99. The number of rotatable bonds is 5. The number of methoxy groups -OCH3 is 1. The van der Waals surface area contributed by atoms with Crippen molar-refractivity contribution in [2.24, 2.45) is 0 Å². The third-order valence-electron chi connectivity index (χ3n) is 5.48. The fourth-order valence-corrected chi connectivity index (χ4v) is 3.92. The number of carbonyl (C=O) groups is 2. The molecule has 2 aliphatic rings. The van der Waals surface area contributed by atoms with E-state index < -0.39 is 0 Å². The van der Waals surface area contributed by atoms with Gasteiger partial charge in [-0.2, -0.15) is 0 Å². The first-order valence-electron chi connectivity index (χ1n) is 9.54. The van der Waals surface area contributed by atoms with Crippen LogP contribution in [0, 0.1) is 0 Å². The summed E-state index contributed by atoms with van der Waals surface area (Å²) in [4.78, 5) is 30.7. The van der Waals surface area contributed by atoms with Gasteiger partial charge in [-0.3, -0.25) is 14.5 Å². The molecule has 148 valence electrons. The number of hydrogen-bond donors (Lipinski definition) is 1. The van der Waals surface area contributed by atoms with Gasteiger partial charge in [0.05, 0.1) is 25.7 Å². The van der Waals surface area contributed by atoms with Gasteiger partial charge in [0.15, 0.2) is 0 Å². The Balaban J connectivity index is 1.67. The number of ether oxygens (including phenoxy) is 1. The van der Waals surface area contributed by atoms with Crippen molar-refractivity contribution in [2.45, 2.75) is 31.9 Å². The molecule has 2 heterocycles. The van der Waals surface area contributed by atoms with Gasteiger partial charge in [0.25, 0.3) is 0 Å². The molecule has 3 rings (SSSR count). The van der Waals surface area contributed by atoms with Crippen LogP contribution in [0.4, 0.5) is 0 Å². The predicted octanol–water partition coefficient (Wildman–Crippen LogP) is 0.364. The Morgan fingerprint density at radius 2 is 1.89 bits per heavy atom. The van der Waals surface area contributed by atoms with Gasteiger partial charge in [0.1, 0.15) is 5.75 Å². The normalized spacial score (nSPS) is 23.5. The van der Waals surface area contributed by atoms with Gasteiger partial charge < -0.3 is 19.6 Å². The number of hydrogen-bond acceptors (Lipinski definition) is 5. The zero-order chi connectivity index (χ0) is 19.4. The summed E-state index contributed by atoms with van der Waals surface area (Å²) >= 11 is 0. The maximum atomic E-state index is 13.0. The van der Waals surface area contributed by atoms with Crippen LogP contribution >= 0.6 is 0 Å². The third-order valence-corrected chi connectivity index (χ3v) is 5.48. The van der Waals surface area contributed by atoms with Crippen molar-refractivity contribution in [3.8, 4) is 5.75 Å². The van der Waals surface area contributed by atoms with E-state index in [4.69, 9.17) is 4.74 Å². The van der Waals surface area contributed by atoms with E-state index in [1.54, 1.807) is 14.0 Å². The van der Waals surface area contributed by atoms with E-state index in [0.29, 0.717) is 39.1 Å². The van der Waals surface area contributed by atoms with Gasteiger partial charge in [-0.1, -0.05) is 12.1 Å². The summed E-state index contributed by atoms with van der Waals surface area (Å²) in [5, 5.41) is 9.78. The summed E-state index contributed by atoms with van der Waals surface area (Å²) in [7, 11) is 1.62. The van der Waals surface area contributed by atoms with E-state index in [1.807, 2.05) is 34.1 Å². The van der Waals surface area contributed by atoms with Crippen molar-refractivity contribution in [1.82, 2.24) is 14.7 Å². The molecule has 0 aliphatic carbocycles. The Hall–Kier alpha value is -2.12. The molecule has 1 N–H and O–H groups in total. The van der Waals surface area contributed by atoms with Crippen LogP contribution in [-0.4, -0.2) is 90.1 Å². The van der Waals surface area contributed by atoms with Gasteiger partial charge in [-0.15, -0.1) is 0 Å². The minimum atomic E-state index is -0.291. The van der Waals surface area contributed by atoms with Crippen LogP contribution in [0.5, 0.6) is 5.75 Å². The van der Waals surface area contributed by atoms with Crippen LogP contribution < -0.4 is 4.74 Å². The highest BCUT2D eigenvalue weighted by Crippen LogP contribution is 2.18. The van der Waals surface area contributed by atoms with Gasteiger partial charge in [0.2, 0.25) is 11.8 Å². The van der Waals surface area contributed by atoms with Crippen molar-refractivity contribution in [2.75, 3.05) is 46.4 Å². The molecule has 1 unspecified atom stereocenters. The SMILES string of the molecule is COc1ccc(CC(=O)N2CCN(C(C)=O)CC2CN2CC[C@H](O)C2)cc1. The molecule has 27 heavy (non-hydrogen) atoms. The number of nitrogens with zero attached hydrogens (tertiary/aromatic N) is 3. The zero-order valence-electron chi connectivity index (χ0n) is 16.1. The average Bonchev–Trinajstić information content (AvgIpc) is 3.07. The lowest BCUT2D eigenvalue weighted by atomic mass is 10.1. The molecule has 2 amide bonds. The fourth-order valence-electron chi connectivity index (χ4n) is 3.92. The first-order chi connectivity index (χ1) is 13.0. The maximum absolute atomic E-state index is 13.0. The second-order valence-electron chi connectivity index (χ2n) is 7.43. The Morgan fingerprint density at radius 1 is 1.15 bits per heavy atom. The van der Waals surface area contributed by atoms with Crippen molar-refractivity contribution < 1.29 is 19.4 Å². The lowest BCUT2D eigenvalue weighted by Crippen LogP contribution is -2.59. The molecule has 2 aliphatic heterocycles. The molecule has 0 spiro atoms. The largest absolute Gasteiger partial charge is 0.497 e. The number of β-amino-alcohol motifs (C(OH)–C–C–N with tert-alkyl or cyclic N) is 1. The number of piperazine rings is 1. The molecule has 2 fully saturated rings. The number of carbonyl (C=O) groups excluding carboxylic acids is 2. The second-order valence-corrected chi connectivity index (χ2v) is 7.43. The van der Waals surface area contributed by atoms with Crippen LogP contribution in [-0.2, 0) is 16.0 Å². The number of aliphatic hydroxyl groups excluding tert-OH is 1. The number of aliphatic hydroxyl groups is 1. The highest BCUT2D eigenvalue weighted by Gasteiger charge is 2.34. The Kier molecular flexibility index (Phi) is 6.34. The van der Waals surface area contributed by atoms with Crippen LogP contribution in [0.3, 0.4) is 0 Å². The Morgan fingerprint density at radius 3 is 2.48 bits per heavy atom. The first-order valence-corrected chi connectivity index (χ1v) is 9.54. The molecule has 7 heteroatoms. The molecular formula is C20H29N3O4. The fraction of sp³-hybridized carbons (Fsp3) is 0.600. The standard InChI is InChI=1S/C20H29N3O4/c1-15(24)22-9-10-23(17(13-22)12-21-8-7-18(25)14-21)20(26)11-16-3-5-19(27-2)6-4-16/h3-6,17-18,25H,7-14H2,1-2H3/t17?,18-/m0/s1. The summed E-state index contributed by atoms with van der Waals surface area (Å²) in [6.45, 7) is 5.41. The average molecular weight is 375 g/mol. The number of amides is 2. The van der Waals surface area contributed by atoms with Crippen molar-refractivity contribution in [1.29, 1.82) is 0 Å². The van der Waals surface area contributed by atoms with E-state index in [2.05, 4.69) is 4.90 Å². The monoisotopic (exact) mass is 375 g/mol. The molecule has 7 nitrogen and oxygen atoms in total. The molecule has 0 aromatic heterocycles. The molecule has 2 saturated heterocycles. The van der Waals surface area contributed by atoms with Gasteiger partial charge >= 0.3 is 0 Å². The molecule has 0 saturated carbocycles. The molecule has 1 aromatic rings.